The summed E-state index contributed by atoms with van der Waals surface area (Å²) in [4.78, 5) is 2.28. The molecule has 0 amide bonds. The Morgan fingerprint density at radius 1 is 1.33 bits per heavy atom. The molecule has 0 fully saturated rings. The summed E-state index contributed by atoms with van der Waals surface area (Å²) >= 11 is 0. The summed E-state index contributed by atoms with van der Waals surface area (Å²) in [5, 5.41) is 11.0. The first-order valence-corrected chi connectivity index (χ1v) is 10.4. The van der Waals surface area contributed by atoms with Crippen LogP contribution in [0.3, 0.4) is 0 Å². The topological polar surface area (TPSA) is 32.7 Å². The van der Waals surface area contributed by atoms with E-state index < -0.39 is 17.4 Å². The van der Waals surface area contributed by atoms with Crippen LogP contribution < -0.4 is 0 Å². The van der Waals surface area contributed by atoms with E-state index in [0.717, 1.165) is 31.0 Å². The fraction of sp³-hybridized carbons (Fsp3) is 0.545. The van der Waals surface area contributed by atoms with E-state index in [9.17, 15) is 9.50 Å². The van der Waals surface area contributed by atoms with Crippen LogP contribution in [-0.2, 0) is 4.74 Å². The van der Waals surface area contributed by atoms with Gasteiger partial charge in [0.2, 0.25) is 0 Å². The second kappa shape index (κ2) is 12.2. The van der Waals surface area contributed by atoms with Gasteiger partial charge in [-0.25, -0.2) is 4.39 Å². The predicted octanol–water partition coefficient (Wildman–Crippen LogP) is 5.13. The molecule has 1 aliphatic carbocycles. The summed E-state index contributed by atoms with van der Waals surface area (Å²) in [5.41, 5.74) is -0.578. The van der Waals surface area contributed by atoms with Crippen molar-refractivity contribution >= 4 is 9.24 Å². The number of halogens is 1. The normalized spacial score (nSPS) is 19.4. The third-order valence-corrected chi connectivity index (χ3v) is 5.19. The highest BCUT2D eigenvalue weighted by molar-refractivity contribution is 7.17. The molecule has 27 heavy (non-hydrogen) atoms. The molecular weight excluding hydrogens is 360 g/mol. The zero-order chi connectivity index (χ0) is 20.3. The number of nitrogens with zero attached hydrogens (tertiary/aromatic N) is 1. The third-order valence-electron chi connectivity index (χ3n) is 4.61. The first-order valence-electron chi connectivity index (χ1n) is 9.75. The zero-order valence-corrected chi connectivity index (χ0v) is 18.2. The second-order valence-corrected chi connectivity index (χ2v) is 7.26. The Morgan fingerprint density at radius 2 is 2.00 bits per heavy atom. The largest absolute Gasteiger partial charge is 0.494 e. The summed E-state index contributed by atoms with van der Waals surface area (Å²) < 4.78 is 20.3. The van der Waals surface area contributed by atoms with E-state index in [0.29, 0.717) is 6.42 Å². The van der Waals surface area contributed by atoms with Gasteiger partial charge in [0, 0.05) is 31.1 Å². The van der Waals surface area contributed by atoms with Gasteiger partial charge in [-0.15, -0.1) is 0 Å². The fourth-order valence-electron chi connectivity index (χ4n) is 3.04. The Hall–Kier alpha value is -1.38. The Balaban J connectivity index is 3.01. The van der Waals surface area contributed by atoms with Crippen LogP contribution in [0, 0.1) is 5.92 Å². The first-order chi connectivity index (χ1) is 12.9. The highest BCUT2D eigenvalue weighted by atomic mass is 31.0. The van der Waals surface area contributed by atoms with Crippen molar-refractivity contribution in [2.45, 2.75) is 52.1 Å². The van der Waals surface area contributed by atoms with E-state index in [1.807, 2.05) is 44.2 Å². The van der Waals surface area contributed by atoms with Gasteiger partial charge < -0.3 is 14.7 Å². The van der Waals surface area contributed by atoms with Crippen molar-refractivity contribution in [1.82, 2.24) is 4.90 Å². The molecule has 0 bridgehead atoms. The molecule has 0 aliphatic heterocycles. The summed E-state index contributed by atoms with van der Waals surface area (Å²) in [5.74, 6) is -1.25. The van der Waals surface area contributed by atoms with Gasteiger partial charge in [0.25, 0.3) is 0 Å². The Labute approximate surface area is 166 Å². The standard InChI is InChI=1S/C22H35FNO2P/c1-5-11-18(12-6-2)22(25,21(23)27)17-26-20-14-10-9-13-19(16-20)24(8-4)15-7-3/h5-6,9-13,16,18,21,25H,7-8,14-15,17,27H2,1-4H3/b11-5-,12-6?. The molecule has 152 valence electrons. The lowest BCUT2D eigenvalue weighted by Gasteiger charge is -2.34. The molecule has 0 aromatic carbocycles. The average Bonchev–Trinajstić information content (AvgIpc) is 2.89. The summed E-state index contributed by atoms with van der Waals surface area (Å²) in [6.45, 7) is 9.74. The van der Waals surface area contributed by atoms with Crippen LogP contribution >= 0.6 is 9.24 Å². The molecule has 5 heteroatoms. The van der Waals surface area contributed by atoms with Gasteiger partial charge >= 0.3 is 0 Å². The van der Waals surface area contributed by atoms with E-state index in [-0.39, 0.29) is 6.61 Å². The molecule has 0 saturated carbocycles. The Bertz CT molecular complexity index is 583. The van der Waals surface area contributed by atoms with E-state index in [1.165, 1.54) is 0 Å². The van der Waals surface area contributed by atoms with E-state index in [4.69, 9.17) is 4.74 Å². The van der Waals surface area contributed by atoms with Gasteiger partial charge in [0.15, 0.2) is 0 Å². The molecule has 1 aliphatic rings. The maximum absolute atomic E-state index is 14.4. The van der Waals surface area contributed by atoms with Crippen LogP contribution in [0.2, 0.25) is 0 Å². The molecule has 0 radical (unpaired) electrons. The van der Waals surface area contributed by atoms with Crippen LogP contribution in [0.25, 0.3) is 0 Å². The van der Waals surface area contributed by atoms with Crippen LogP contribution in [0.4, 0.5) is 4.39 Å². The van der Waals surface area contributed by atoms with Crippen LogP contribution in [0.1, 0.15) is 40.5 Å². The first kappa shape index (κ1) is 23.7. The van der Waals surface area contributed by atoms with Crippen molar-refractivity contribution in [3.8, 4) is 0 Å². The molecule has 4 unspecified atom stereocenters. The lowest BCUT2D eigenvalue weighted by molar-refractivity contribution is -0.0727. The van der Waals surface area contributed by atoms with E-state index in [1.54, 1.807) is 12.2 Å². The highest BCUT2D eigenvalue weighted by Gasteiger charge is 2.41. The van der Waals surface area contributed by atoms with Crippen molar-refractivity contribution in [2.24, 2.45) is 5.92 Å². The maximum atomic E-state index is 14.4. The van der Waals surface area contributed by atoms with Crippen molar-refractivity contribution in [3.05, 3.63) is 60.1 Å². The van der Waals surface area contributed by atoms with Crippen LogP contribution in [0.15, 0.2) is 60.1 Å². The summed E-state index contributed by atoms with van der Waals surface area (Å²) in [7, 11) is 2.07. The quantitative estimate of drug-likeness (QED) is 0.389. The SMILES string of the molecule is CC=CC(/C=C\C)C(O)(COC1=CC(N(CC)CCC)=CC=CC1)C(F)P. The molecule has 0 aromatic heterocycles. The molecule has 0 spiro atoms. The lowest BCUT2D eigenvalue weighted by atomic mass is 9.88. The molecule has 0 aromatic rings. The zero-order valence-electron chi connectivity index (χ0n) is 17.1. The number of ether oxygens (including phenoxy) is 1. The smallest absolute Gasteiger partial charge is 0.146 e. The van der Waals surface area contributed by atoms with E-state index in [2.05, 4.69) is 34.1 Å². The monoisotopic (exact) mass is 395 g/mol. The van der Waals surface area contributed by atoms with Gasteiger partial charge in [-0.2, -0.15) is 0 Å². The molecule has 0 heterocycles. The average molecular weight is 395 g/mol. The number of alkyl halides is 1. The third kappa shape index (κ3) is 6.93. The lowest BCUT2D eigenvalue weighted by Crippen LogP contribution is -2.47. The van der Waals surface area contributed by atoms with Gasteiger partial charge in [-0.1, -0.05) is 52.6 Å². The van der Waals surface area contributed by atoms with Crippen molar-refractivity contribution in [3.63, 3.8) is 0 Å². The van der Waals surface area contributed by atoms with Crippen molar-refractivity contribution in [1.29, 1.82) is 0 Å². The minimum absolute atomic E-state index is 0.121. The number of hydrogen-bond donors (Lipinski definition) is 1. The Kier molecular flexibility index (Phi) is 10.6. The minimum Gasteiger partial charge on any atom is -0.494 e. The molecule has 3 nitrogen and oxygen atoms in total. The minimum atomic E-state index is -1.65. The number of hydrogen-bond acceptors (Lipinski definition) is 3. The number of allylic oxidation sites excluding steroid dienone is 6. The van der Waals surface area contributed by atoms with Gasteiger partial charge in [-0.05, 0) is 39.3 Å². The second-order valence-electron chi connectivity index (χ2n) is 6.67. The molecule has 1 rings (SSSR count). The Morgan fingerprint density at radius 3 is 2.52 bits per heavy atom. The molecular formula is C22H35FNO2P. The van der Waals surface area contributed by atoms with Gasteiger partial charge in [-0.3, -0.25) is 0 Å². The summed E-state index contributed by atoms with van der Waals surface area (Å²) in [6.07, 6.45) is 17.0. The van der Waals surface area contributed by atoms with Crippen LogP contribution in [-0.4, -0.2) is 41.2 Å². The summed E-state index contributed by atoms with van der Waals surface area (Å²) in [6, 6.07) is 0. The number of likely N-dealkylation sites (N-methyl/N-ethyl adjacent to an activating group) is 1. The van der Waals surface area contributed by atoms with Crippen molar-refractivity contribution < 1.29 is 14.2 Å². The van der Waals surface area contributed by atoms with Gasteiger partial charge in [0.05, 0.1) is 0 Å². The fourth-order valence-corrected chi connectivity index (χ4v) is 3.36. The van der Waals surface area contributed by atoms with E-state index >= 15 is 0 Å². The molecule has 1 N–H and O–H groups in total. The number of rotatable bonds is 11. The molecule has 4 atom stereocenters. The number of aliphatic hydroxyl groups is 1. The van der Waals surface area contributed by atoms with Gasteiger partial charge in [0.1, 0.15) is 23.9 Å². The maximum Gasteiger partial charge on any atom is 0.146 e. The molecule has 0 saturated heterocycles. The highest BCUT2D eigenvalue weighted by Crippen LogP contribution is 2.32. The van der Waals surface area contributed by atoms with Crippen LogP contribution in [0.5, 0.6) is 0 Å². The van der Waals surface area contributed by atoms with Crippen molar-refractivity contribution in [2.75, 3.05) is 19.7 Å². The predicted molar refractivity (Wildman–Crippen MR) is 116 cm³/mol.